The van der Waals surface area contributed by atoms with E-state index in [1.165, 1.54) is 0 Å². The summed E-state index contributed by atoms with van der Waals surface area (Å²) in [4.78, 5) is 11.8. The van der Waals surface area contributed by atoms with E-state index in [4.69, 9.17) is 19.9 Å². The fraction of sp³-hybridized carbons (Fsp3) is 0.938. The van der Waals surface area contributed by atoms with E-state index in [1.54, 1.807) is 0 Å². The van der Waals surface area contributed by atoms with Gasteiger partial charge in [-0.05, 0) is 25.8 Å². The smallest absolute Gasteiger partial charge is 0.225 e. The first-order valence-electron chi connectivity index (χ1n) is 8.26. The first-order chi connectivity index (χ1) is 10.5. The van der Waals surface area contributed by atoms with Crippen LogP contribution in [0.4, 0.5) is 0 Å². The molecular weight excluding hydrogens is 284 g/mol. The number of carbonyl (C=O) groups is 1. The van der Waals surface area contributed by atoms with Crippen molar-refractivity contribution >= 4 is 5.91 Å². The van der Waals surface area contributed by atoms with Crippen molar-refractivity contribution in [1.29, 1.82) is 0 Å². The molecule has 0 unspecified atom stereocenters. The molecule has 0 heterocycles. The van der Waals surface area contributed by atoms with Crippen LogP contribution in [0, 0.1) is 5.41 Å². The molecule has 0 aliphatic carbocycles. The minimum atomic E-state index is -0.291. The van der Waals surface area contributed by atoms with Crippen molar-refractivity contribution in [2.45, 2.75) is 40.0 Å². The molecule has 3 N–H and O–H groups in total. The summed E-state index contributed by atoms with van der Waals surface area (Å²) in [6, 6.07) is 0. The minimum absolute atomic E-state index is 0.105. The number of rotatable bonds is 15. The Morgan fingerprint density at radius 2 is 1.45 bits per heavy atom. The Kier molecular flexibility index (Phi) is 13.5. The molecule has 0 radical (unpaired) electrons. The Bertz CT molecular complexity index is 273. The molecule has 0 rings (SSSR count). The predicted molar refractivity (Wildman–Crippen MR) is 87.8 cm³/mol. The number of nitrogens with two attached hydrogens (primary N) is 1. The van der Waals surface area contributed by atoms with Gasteiger partial charge in [-0.2, -0.15) is 0 Å². The maximum absolute atomic E-state index is 11.8. The zero-order valence-corrected chi connectivity index (χ0v) is 14.5. The van der Waals surface area contributed by atoms with E-state index >= 15 is 0 Å². The summed E-state index contributed by atoms with van der Waals surface area (Å²) in [5.41, 5.74) is 5.06. The highest BCUT2D eigenvalue weighted by atomic mass is 16.5. The average Bonchev–Trinajstić information content (AvgIpc) is 2.51. The van der Waals surface area contributed by atoms with Gasteiger partial charge >= 0.3 is 0 Å². The van der Waals surface area contributed by atoms with Crippen molar-refractivity contribution in [3.05, 3.63) is 0 Å². The molecule has 0 aromatic rings. The van der Waals surface area contributed by atoms with Crippen LogP contribution in [-0.2, 0) is 19.0 Å². The van der Waals surface area contributed by atoms with Gasteiger partial charge in [-0.15, -0.1) is 0 Å². The summed E-state index contributed by atoms with van der Waals surface area (Å²) in [6.45, 7) is 10.9. The van der Waals surface area contributed by atoms with E-state index in [0.29, 0.717) is 52.7 Å². The largest absolute Gasteiger partial charge is 0.379 e. The lowest BCUT2D eigenvalue weighted by Crippen LogP contribution is -2.37. The van der Waals surface area contributed by atoms with E-state index in [-0.39, 0.29) is 11.3 Å². The Morgan fingerprint density at radius 1 is 0.955 bits per heavy atom. The molecule has 0 atom stereocenters. The van der Waals surface area contributed by atoms with Crippen LogP contribution in [0.1, 0.15) is 40.0 Å². The first kappa shape index (κ1) is 21.3. The predicted octanol–water partition coefficient (Wildman–Crippen LogP) is 1.33. The van der Waals surface area contributed by atoms with Crippen LogP contribution in [-0.4, -0.2) is 58.6 Å². The molecule has 132 valence electrons. The summed E-state index contributed by atoms with van der Waals surface area (Å²) in [6.07, 6.45) is 2.53. The van der Waals surface area contributed by atoms with Gasteiger partial charge in [0.2, 0.25) is 5.91 Å². The summed E-state index contributed by atoms with van der Waals surface area (Å²) in [5, 5.41) is 2.93. The van der Waals surface area contributed by atoms with E-state index in [0.717, 1.165) is 19.3 Å². The fourth-order valence-corrected chi connectivity index (χ4v) is 1.50. The van der Waals surface area contributed by atoms with Gasteiger partial charge in [-0.3, -0.25) is 4.79 Å². The summed E-state index contributed by atoms with van der Waals surface area (Å²) >= 11 is 0. The minimum Gasteiger partial charge on any atom is -0.379 e. The molecule has 0 bridgehead atoms. The Balaban J connectivity index is 3.23. The molecule has 0 aromatic carbocycles. The maximum Gasteiger partial charge on any atom is 0.225 e. The van der Waals surface area contributed by atoms with Crippen LogP contribution >= 0.6 is 0 Å². The second-order valence-corrected chi connectivity index (χ2v) is 5.83. The van der Waals surface area contributed by atoms with Gasteiger partial charge in [-0.25, -0.2) is 0 Å². The highest BCUT2D eigenvalue weighted by Gasteiger charge is 2.24. The zero-order chi connectivity index (χ0) is 16.7. The van der Waals surface area contributed by atoms with Gasteiger partial charge in [0.1, 0.15) is 0 Å². The van der Waals surface area contributed by atoms with Crippen molar-refractivity contribution in [3.63, 3.8) is 0 Å². The Morgan fingerprint density at radius 3 is 1.95 bits per heavy atom. The molecule has 0 aliphatic heterocycles. The third-order valence-electron chi connectivity index (χ3n) is 3.49. The van der Waals surface area contributed by atoms with E-state index in [2.05, 4.69) is 5.32 Å². The summed E-state index contributed by atoms with van der Waals surface area (Å²) in [7, 11) is 0. The lowest BCUT2D eigenvalue weighted by molar-refractivity contribution is -0.129. The standard InChI is InChI=1S/C16H34N2O4/c1-4-16(2,3)15(19)18-8-6-10-21-12-14-22-13-11-20-9-5-7-17/h4-14,17H2,1-3H3,(H,18,19). The highest BCUT2D eigenvalue weighted by Crippen LogP contribution is 2.19. The zero-order valence-electron chi connectivity index (χ0n) is 14.5. The van der Waals surface area contributed by atoms with Crippen LogP contribution in [0.15, 0.2) is 0 Å². The van der Waals surface area contributed by atoms with Crippen LogP contribution in [0.25, 0.3) is 0 Å². The normalized spacial score (nSPS) is 11.6. The van der Waals surface area contributed by atoms with Gasteiger partial charge < -0.3 is 25.3 Å². The van der Waals surface area contributed by atoms with Crippen LogP contribution in [0.2, 0.25) is 0 Å². The summed E-state index contributed by atoms with van der Waals surface area (Å²) < 4.78 is 16.1. The van der Waals surface area contributed by atoms with Crippen LogP contribution in [0.3, 0.4) is 0 Å². The fourth-order valence-electron chi connectivity index (χ4n) is 1.50. The maximum atomic E-state index is 11.8. The van der Waals surface area contributed by atoms with Crippen molar-refractivity contribution in [1.82, 2.24) is 5.32 Å². The summed E-state index contributed by atoms with van der Waals surface area (Å²) in [5.74, 6) is 0.105. The molecule has 0 saturated heterocycles. The van der Waals surface area contributed by atoms with Gasteiger partial charge in [0.25, 0.3) is 0 Å². The third kappa shape index (κ3) is 11.9. The first-order valence-corrected chi connectivity index (χ1v) is 8.26. The molecule has 6 heteroatoms. The monoisotopic (exact) mass is 318 g/mol. The number of ether oxygens (including phenoxy) is 3. The molecule has 0 aromatic heterocycles. The number of hydrogen-bond donors (Lipinski definition) is 2. The van der Waals surface area contributed by atoms with Crippen molar-refractivity contribution < 1.29 is 19.0 Å². The van der Waals surface area contributed by atoms with Gasteiger partial charge in [0.05, 0.1) is 26.4 Å². The highest BCUT2D eigenvalue weighted by molar-refractivity contribution is 5.81. The average molecular weight is 318 g/mol. The number of carbonyl (C=O) groups excluding carboxylic acids is 1. The van der Waals surface area contributed by atoms with Crippen molar-refractivity contribution in [2.24, 2.45) is 11.1 Å². The molecular formula is C16H34N2O4. The van der Waals surface area contributed by atoms with Gasteiger partial charge in [0.15, 0.2) is 0 Å². The molecule has 1 amide bonds. The molecule has 6 nitrogen and oxygen atoms in total. The molecule has 0 saturated carbocycles. The van der Waals surface area contributed by atoms with Crippen molar-refractivity contribution in [2.75, 3.05) is 52.7 Å². The topological polar surface area (TPSA) is 82.8 Å². The van der Waals surface area contributed by atoms with Crippen LogP contribution in [0.5, 0.6) is 0 Å². The second kappa shape index (κ2) is 13.9. The van der Waals surface area contributed by atoms with Crippen molar-refractivity contribution in [3.8, 4) is 0 Å². The van der Waals surface area contributed by atoms with Crippen LogP contribution < -0.4 is 11.1 Å². The SMILES string of the molecule is CCC(C)(C)C(=O)NCCCOCCOCCOCCCN. The quantitative estimate of drug-likeness (QED) is 0.445. The van der Waals surface area contributed by atoms with E-state index in [1.807, 2.05) is 20.8 Å². The lowest BCUT2D eigenvalue weighted by Gasteiger charge is -2.21. The third-order valence-corrected chi connectivity index (χ3v) is 3.49. The number of nitrogens with one attached hydrogen (secondary N) is 1. The Labute approximate surface area is 135 Å². The molecule has 22 heavy (non-hydrogen) atoms. The van der Waals surface area contributed by atoms with Gasteiger partial charge in [0, 0.05) is 25.2 Å². The lowest BCUT2D eigenvalue weighted by atomic mass is 9.89. The van der Waals surface area contributed by atoms with E-state index in [9.17, 15) is 4.79 Å². The number of hydrogen-bond acceptors (Lipinski definition) is 5. The number of amides is 1. The second-order valence-electron chi connectivity index (χ2n) is 5.83. The Hall–Kier alpha value is -0.690. The molecule has 0 spiro atoms. The van der Waals surface area contributed by atoms with Gasteiger partial charge in [-0.1, -0.05) is 20.8 Å². The molecule has 0 fully saturated rings. The van der Waals surface area contributed by atoms with E-state index < -0.39 is 0 Å². The molecule has 0 aliphatic rings.